The van der Waals surface area contributed by atoms with Crippen LogP contribution in [-0.2, 0) is 11.8 Å². The molecule has 0 radical (unpaired) electrons. The van der Waals surface area contributed by atoms with Gasteiger partial charge in [0.2, 0.25) is 5.91 Å². The molecule has 7 heteroatoms. The van der Waals surface area contributed by atoms with Crippen molar-refractivity contribution in [2.24, 2.45) is 13.0 Å². The Morgan fingerprint density at radius 2 is 2.00 bits per heavy atom. The molecule has 1 atom stereocenters. The zero-order valence-electron chi connectivity index (χ0n) is 14.7. The molecule has 3 aromatic heterocycles. The highest BCUT2D eigenvalue weighted by Gasteiger charge is 2.33. The molecule has 1 fully saturated rings. The maximum atomic E-state index is 12.5. The van der Waals surface area contributed by atoms with Crippen LogP contribution in [0.3, 0.4) is 0 Å². The standard InChI is InChI=1S/C20H16N6O/c1-24-18-8-13(2-3-15(18)11-23-24)16-9-19-17(4-6-22-26(19)12-16)25-7-5-14(10-21)20(25)27/h2-4,6,8-9,11-12,14H,5,7H2,1H3. The molecule has 4 heterocycles. The molecular weight excluding hydrogens is 340 g/mol. The molecule has 7 nitrogen and oxygen atoms in total. The largest absolute Gasteiger partial charge is 0.309 e. The predicted octanol–water partition coefficient (Wildman–Crippen LogP) is 2.76. The number of fused-ring (bicyclic) bond motifs is 2. The highest BCUT2D eigenvalue weighted by molar-refractivity contribution is 6.02. The number of nitrogens with zero attached hydrogens (tertiary/aromatic N) is 6. The van der Waals surface area contributed by atoms with Crippen LogP contribution in [0.15, 0.2) is 48.9 Å². The van der Waals surface area contributed by atoms with E-state index in [1.165, 1.54) is 0 Å². The minimum atomic E-state index is -0.556. The van der Waals surface area contributed by atoms with Crippen molar-refractivity contribution in [2.45, 2.75) is 6.42 Å². The summed E-state index contributed by atoms with van der Waals surface area (Å²) in [6.45, 7) is 0.554. The maximum Gasteiger partial charge on any atom is 0.244 e. The van der Waals surface area contributed by atoms with Crippen LogP contribution in [-0.4, -0.2) is 31.8 Å². The van der Waals surface area contributed by atoms with Crippen LogP contribution in [0.25, 0.3) is 27.5 Å². The summed E-state index contributed by atoms with van der Waals surface area (Å²) in [7, 11) is 1.92. The van der Waals surface area contributed by atoms with E-state index in [1.54, 1.807) is 15.6 Å². The number of amides is 1. The normalized spacial score (nSPS) is 17.1. The first-order chi connectivity index (χ1) is 13.2. The molecular formula is C20H16N6O. The van der Waals surface area contributed by atoms with Gasteiger partial charge in [0.15, 0.2) is 0 Å². The Morgan fingerprint density at radius 1 is 1.15 bits per heavy atom. The van der Waals surface area contributed by atoms with Crippen LogP contribution in [0.4, 0.5) is 5.69 Å². The fourth-order valence-electron chi connectivity index (χ4n) is 3.75. The van der Waals surface area contributed by atoms with E-state index in [-0.39, 0.29) is 5.91 Å². The van der Waals surface area contributed by atoms with Gasteiger partial charge in [-0.3, -0.25) is 9.48 Å². The summed E-state index contributed by atoms with van der Waals surface area (Å²) in [5, 5.41) is 18.9. The smallest absolute Gasteiger partial charge is 0.244 e. The Kier molecular flexibility index (Phi) is 3.28. The molecule has 5 rings (SSSR count). The predicted molar refractivity (Wildman–Crippen MR) is 101 cm³/mol. The van der Waals surface area contributed by atoms with Crippen LogP contribution < -0.4 is 4.90 Å². The fourth-order valence-corrected chi connectivity index (χ4v) is 3.75. The highest BCUT2D eigenvalue weighted by atomic mass is 16.2. The third-order valence-electron chi connectivity index (χ3n) is 5.22. The lowest BCUT2D eigenvalue weighted by Gasteiger charge is -2.16. The summed E-state index contributed by atoms with van der Waals surface area (Å²) in [5.41, 5.74) is 4.78. The quantitative estimate of drug-likeness (QED) is 0.553. The minimum Gasteiger partial charge on any atom is -0.309 e. The summed E-state index contributed by atoms with van der Waals surface area (Å²) in [6.07, 6.45) is 6.05. The van der Waals surface area contributed by atoms with Crippen LogP contribution in [0, 0.1) is 17.2 Å². The third-order valence-corrected chi connectivity index (χ3v) is 5.22. The molecule has 0 bridgehead atoms. The Labute approximate surface area is 155 Å². The second-order valence-corrected chi connectivity index (χ2v) is 6.78. The van der Waals surface area contributed by atoms with Gasteiger partial charge in [-0.05, 0) is 30.2 Å². The number of carbonyl (C=O) groups excluding carboxylic acids is 1. The van der Waals surface area contributed by atoms with Crippen molar-refractivity contribution in [3.63, 3.8) is 0 Å². The zero-order valence-corrected chi connectivity index (χ0v) is 14.7. The van der Waals surface area contributed by atoms with Crippen LogP contribution in [0.5, 0.6) is 0 Å². The van der Waals surface area contributed by atoms with Gasteiger partial charge in [-0.25, -0.2) is 4.52 Å². The average molecular weight is 356 g/mol. The van der Waals surface area contributed by atoms with Crippen molar-refractivity contribution in [1.82, 2.24) is 19.4 Å². The number of benzene rings is 1. The van der Waals surface area contributed by atoms with Crippen molar-refractivity contribution in [2.75, 3.05) is 11.4 Å². The first-order valence-corrected chi connectivity index (χ1v) is 8.76. The van der Waals surface area contributed by atoms with Crippen molar-refractivity contribution in [3.8, 4) is 17.2 Å². The van der Waals surface area contributed by atoms with Crippen LogP contribution in [0.1, 0.15) is 6.42 Å². The average Bonchev–Trinajstić information content (AvgIpc) is 3.38. The summed E-state index contributed by atoms with van der Waals surface area (Å²) in [6, 6.07) is 12.2. The lowest BCUT2D eigenvalue weighted by atomic mass is 10.1. The molecule has 132 valence electrons. The molecule has 1 saturated heterocycles. The van der Waals surface area contributed by atoms with E-state index in [1.807, 2.05) is 36.3 Å². The molecule has 1 unspecified atom stereocenters. The Hall–Kier alpha value is -3.66. The summed E-state index contributed by atoms with van der Waals surface area (Å²) in [5.74, 6) is -0.690. The number of nitriles is 1. The van der Waals surface area contributed by atoms with Gasteiger partial charge >= 0.3 is 0 Å². The molecule has 1 aromatic carbocycles. The number of hydrogen-bond acceptors (Lipinski definition) is 4. The van der Waals surface area contributed by atoms with Gasteiger partial charge in [-0.2, -0.15) is 15.5 Å². The monoisotopic (exact) mass is 356 g/mol. The van der Waals surface area contributed by atoms with Gasteiger partial charge in [0.1, 0.15) is 5.92 Å². The molecule has 4 aromatic rings. The van der Waals surface area contributed by atoms with E-state index < -0.39 is 5.92 Å². The third kappa shape index (κ3) is 2.30. The number of aromatic nitrogens is 4. The highest BCUT2D eigenvalue weighted by Crippen LogP contribution is 2.32. The van der Waals surface area contributed by atoms with Crippen molar-refractivity contribution >= 4 is 28.0 Å². The lowest BCUT2D eigenvalue weighted by Crippen LogP contribution is -2.27. The van der Waals surface area contributed by atoms with Gasteiger partial charge in [0, 0.05) is 36.9 Å². The van der Waals surface area contributed by atoms with Crippen molar-refractivity contribution in [1.29, 1.82) is 5.26 Å². The van der Waals surface area contributed by atoms with Gasteiger partial charge in [-0.1, -0.05) is 12.1 Å². The summed E-state index contributed by atoms with van der Waals surface area (Å²) < 4.78 is 3.63. The number of aryl methyl sites for hydroxylation is 1. The Balaban J connectivity index is 1.62. The maximum absolute atomic E-state index is 12.5. The lowest BCUT2D eigenvalue weighted by molar-refractivity contribution is -0.118. The van der Waals surface area contributed by atoms with Crippen LogP contribution >= 0.6 is 0 Å². The molecule has 27 heavy (non-hydrogen) atoms. The first-order valence-electron chi connectivity index (χ1n) is 8.76. The van der Waals surface area contributed by atoms with Gasteiger partial charge in [0.25, 0.3) is 0 Å². The SMILES string of the molecule is Cn1ncc2ccc(-c3cc4c(N5CCC(C#N)C5=O)ccnn4c3)cc21. The van der Waals surface area contributed by atoms with Crippen molar-refractivity contribution in [3.05, 3.63) is 48.9 Å². The van der Waals surface area contributed by atoms with E-state index in [0.717, 1.165) is 33.2 Å². The molecule has 0 saturated carbocycles. The summed E-state index contributed by atoms with van der Waals surface area (Å²) in [4.78, 5) is 14.2. The minimum absolute atomic E-state index is 0.135. The molecule has 0 aliphatic carbocycles. The Bertz CT molecular complexity index is 1240. The van der Waals surface area contributed by atoms with Crippen molar-refractivity contribution < 1.29 is 4.79 Å². The van der Waals surface area contributed by atoms with E-state index >= 15 is 0 Å². The van der Waals surface area contributed by atoms with Gasteiger partial charge < -0.3 is 4.90 Å². The number of carbonyl (C=O) groups is 1. The second-order valence-electron chi connectivity index (χ2n) is 6.78. The van der Waals surface area contributed by atoms with Gasteiger partial charge in [0.05, 0.1) is 29.0 Å². The van der Waals surface area contributed by atoms with Gasteiger partial charge in [-0.15, -0.1) is 0 Å². The number of hydrogen-bond donors (Lipinski definition) is 0. The zero-order chi connectivity index (χ0) is 18.5. The topological polar surface area (TPSA) is 79.2 Å². The molecule has 1 aliphatic rings. The fraction of sp³-hybridized carbons (Fsp3) is 0.200. The number of rotatable bonds is 2. The number of anilines is 1. The molecule has 1 amide bonds. The Morgan fingerprint density at radius 3 is 2.81 bits per heavy atom. The van der Waals surface area contributed by atoms with E-state index in [0.29, 0.717) is 13.0 Å². The van der Waals surface area contributed by atoms with Crippen LogP contribution in [0.2, 0.25) is 0 Å². The van der Waals surface area contributed by atoms with E-state index in [2.05, 4.69) is 34.5 Å². The molecule has 0 N–H and O–H groups in total. The first kappa shape index (κ1) is 15.6. The molecule has 1 aliphatic heterocycles. The van der Waals surface area contributed by atoms with E-state index in [4.69, 9.17) is 5.26 Å². The second kappa shape index (κ2) is 5.68. The van der Waals surface area contributed by atoms with E-state index in [9.17, 15) is 4.79 Å². The molecule has 0 spiro atoms. The summed E-state index contributed by atoms with van der Waals surface area (Å²) >= 11 is 0.